The summed E-state index contributed by atoms with van der Waals surface area (Å²) in [4.78, 5) is 44.6. The van der Waals surface area contributed by atoms with E-state index in [1.165, 1.54) is 44.8 Å². The average Bonchev–Trinajstić information content (AvgIpc) is 3.31. The molecule has 0 amide bonds. The maximum atomic E-state index is 11.5. The van der Waals surface area contributed by atoms with Crippen LogP contribution in [0.3, 0.4) is 0 Å². The minimum absolute atomic E-state index is 0. The molecule has 0 saturated heterocycles. The van der Waals surface area contributed by atoms with Crippen LogP contribution < -0.4 is 88.3 Å². The molecule has 0 radical (unpaired) electrons. The van der Waals surface area contributed by atoms with Gasteiger partial charge in [0.05, 0.1) is 20.0 Å². The summed E-state index contributed by atoms with van der Waals surface area (Å²) in [6.07, 6.45) is 25.6. The molecule has 0 saturated carbocycles. The van der Waals surface area contributed by atoms with E-state index >= 15 is 0 Å². The number of carbonyl (C=O) groups excluding carboxylic acids is 3. The Kier molecular flexibility index (Phi) is 59.3. The molecule has 0 spiro atoms. The zero-order valence-corrected chi connectivity index (χ0v) is 50.1. The van der Waals surface area contributed by atoms with Gasteiger partial charge in [0.25, 0.3) is 6.47 Å². The van der Waals surface area contributed by atoms with Gasteiger partial charge in [-0.1, -0.05) is 162 Å². The Morgan fingerprint density at radius 2 is 0.740 bits per heavy atom. The molecule has 3 aromatic carbocycles. The quantitative estimate of drug-likeness (QED) is 0.0181. The molecule has 73 heavy (non-hydrogen) atoms. The van der Waals surface area contributed by atoms with Crippen LogP contribution in [0.25, 0.3) is 0 Å². The molecular formula is C57H91LiNa2O13. The Hall–Kier alpha value is -2.54. The number of aromatic hydroxyl groups is 3. The maximum absolute atomic E-state index is 11.5. The van der Waals surface area contributed by atoms with Crippen LogP contribution in [0.1, 0.15) is 215 Å². The molecule has 0 bridgehead atoms. The first kappa shape index (κ1) is 81.8. The third-order valence-corrected chi connectivity index (χ3v) is 11.6. The van der Waals surface area contributed by atoms with Crippen LogP contribution in [0.4, 0.5) is 0 Å². The molecule has 0 aliphatic rings. The van der Waals surface area contributed by atoms with Crippen LogP contribution in [0.15, 0.2) is 36.4 Å². The fourth-order valence-electron chi connectivity index (χ4n) is 7.89. The van der Waals surface area contributed by atoms with Gasteiger partial charge in [-0.3, -0.25) is 14.4 Å². The molecule has 3 aromatic rings. The predicted octanol–water partition coefficient (Wildman–Crippen LogP) is 2.11. The van der Waals surface area contributed by atoms with Gasteiger partial charge in [-0.2, -0.15) is 0 Å². The Morgan fingerprint density at radius 3 is 0.973 bits per heavy atom. The van der Waals surface area contributed by atoms with Gasteiger partial charge >= 0.3 is 89.9 Å². The number of phenolic OH excluding ortho intramolecular Hbond substituents is 3. The van der Waals surface area contributed by atoms with Crippen LogP contribution in [0.5, 0.6) is 17.2 Å². The number of carboxylic acids is 2. The van der Waals surface area contributed by atoms with Crippen LogP contribution in [0.2, 0.25) is 0 Å². The van der Waals surface area contributed by atoms with Crippen molar-refractivity contribution in [3.8, 4) is 17.2 Å². The van der Waals surface area contributed by atoms with E-state index < -0.39 is 11.9 Å². The summed E-state index contributed by atoms with van der Waals surface area (Å²) in [6.45, 7) is 12.8. The number of esters is 1. The molecule has 0 aliphatic carbocycles. The number of phenols is 3. The number of aryl methyl sites for hydroxylation is 6. The van der Waals surface area contributed by atoms with E-state index in [2.05, 4.69) is 58.6 Å². The Balaban J connectivity index is -0.000000215. The number of rotatable bonds is 31. The van der Waals surface area contributed by atoms with Crippen molar-refractivity contribution in [3.05, 3.63) is 86.5 Å². The third-order valence-electron chi connectivity index (χ3n) is 11.6. The minimum Gasteiger partial charge on any atom is -0.870 e. The summed E-state index contributed by atoms with van der Waals surface area (Å²) < 4.78 is 4.74. The van der Waals surface area contributed by atoms with E-state index in [4.69, 9.17) is 19.9 Å². The first-order valence-corrected chi connectivity index (χ1v) is 25.4. The molecule has 0 heterocycles. The second-order valence-corrected chi connectivity index (χ2v) is 17.6. The van der Waals surface area contributed by atoms with Gasteiger partial charge in [0.2, 0.25) is 0 Å². The van der Waals surface area contributed by atoms with Crippen molar-refractivity contribution in [1.29, 1.82) is 0 Å². The van der Waals surface area contributed by atoms with Crippen molar-refractivity contribution < 1.29 is 143 Å². The molecule has 0 aliphatic heterocycles. The standard InChI is InChI=1S/C19H30O3.2C18H28O3.CH2O3.CH4.Li.2Na.H2O/c1-4-6-8-10-15-12-16(11-9-7-5-2)19(21)17(13-15)14-18(20)22-3;2*1-3-5-7-9-14-11-15(10-8-6-4-2)18(21)16(12-14)13-17(19)20;2-1-4-3;;;;;/h12-13,21H,4-11,14H2,1-3H3;2*11-12,21H,3-10,13H2,1-2H3,(H,19,20);1,3H;1H4;;;;1H2/q;;;;;3*+1;/p-3. The number of carbonyl (C=O) groups is 4. The smallest absolute Gasteiger partial charge is 0.870 e. The number of hydrogen-bond donors (Lipinski definition) is 4. The van der Waals surface area contributed by atoms with Gasteiger partial charge in [0.1, 0.15) is 17.2 Å². The van der Waals surface area contributed by atoms with Crippen molar-refractivity contribution in [1.82, 2.24) is 0 Å². The largest absolute Gasteiger partial charge is 1.00 e. The topological polar surface area (TPSA) is 244 Å². The number of hydrogen-bond acceptors (Lipinski definition) is 12. The van der Waals surface area contributed by atoms with Gasteiger partial charge in [0.15, 0.2) is 0 Å². The number of methoxy groups -OCH3 is 1. The predicted molar refractivity (Wildman–Crippen MR) is 275 cm³/mol. The minimum atomic E-state index is -1.14. The molecule has 16 heteroatoms. The fraction of sp³-hybridized carbons (Fsp3) is 0.614. The van der Waals surface area contributed by atoms with Crippen molar-refractivity contribution in [2.24, 2.45) is 0 Å². The number of unbranched alkanes of at least 4 members (excludes halogenated alkanes) is 12. The summed E-state index contributed by atoms with van der Waals surface area (Å²) in [6, 6.07) is 11.9. The molecule has 13 nitrogen and oxygen atoms in total. The fourth-order valence-corrected chi connectivity index (χ4v) is 7.89. The first-order chi connectivity index (χ1) is 32.7. The van der Waals surface area contributed by atoms with E-state index in [1.807, 2.05) is 24.3 Å². The monoisotopic (exact) mass is 1040 g/mol. The number of aliphatic carboxylic acids is 2. The zero-order chi connectivity index (χ0) is 51.1. The second-order valence-electron chi connectivity index (χ2n) is 17.6. The van der Waals surface area contributed by atoms with Crippen molar-refractivity contribution in [2.75, 3.05) is 7.11 Å². The molecular weight excluding hydrogens is 946 g/mol. The normalized spacial score (nSPS) is 9.70. The van der Waals surface area contributed by atoms with Gasteiger partial charge in [-0.25, -0.2) is 0 Å². The Labute approximate surface area is 496 Å². The van der Waals surface area contributed by atoms with E-state index in [-0.39, 0.29) is 140 Å². The first-order valence-electron chi connectivity index (χ1n) is 25.4. The van der Waals surface area contributed by atoms with Crippen LogP contribution in [-0.4, -0.2) is 57.4 Å². The number of ether oxygens (including phenoxy) is 1. The maximum Gasteiger partial charge on any atom is 1.00 e. The number of benzene rings is 3. The van der Waals surface area contributed by atoms with E-state index in [0.29, 0.717) is 16.7 Å². The summed E-state index contributed by atoms with van der Waals surface area (Å²) in [5.74, 6) is -1.73. The van der Waals surface area contributed by atoms with Crippen LogP contribution >= 0.6 is 0 Å². The number of carboxylic acid groups (broad SMARTS) is 2. The van der Waals surface area contributed by atoms with Gasteiger partial charge in [-0.05, 0) is 110 Å². The third kappa shape index (κ3) is 38.6. The molecule has 0 atom stereocenters. The van der Waals surface area contributed by atoms with Crippen molar-refractivity contribution in [2.45, 2.75) is 222 Å². The second kappa shape index (κ2) is 52.9. The van der Waals surface area contributed by atoms with Gasteiger partial charge in [-0.15, -0.1) is 0 Å². The molecule has 3 rings (SSSR count). The molecule has 0 fully saturated rings. The zero-order valence-electron chi connectivity index (χ0n) is 46.1. The SMILES string of the molecule is C.CCCCCc1cc(CCCCC)c(O)c(CC(=O)O)c1.CCCCCc1cc(CCCCC)c(O)c(CC(=O)OC)c1.CCCCCc1cc(CCCCC)c(O)c(CC(=O)[O-])c1.O=CO[O-].[Li+].[Na+].[Na+].[OH-]. The molecule has 400 valence electrons. The summed E-state index contributed by atoms with van der Waals surface area (Å²) in [5, 5.41) is 59.2. The van der Waals surface area contributed by atoms with Gasteiger partial charge in [0, 0.05) is 29.1 Å². The summed E-state index contributed by atoms with van der Waals surface area (Å²) in [5.41, 5.74) is 8.03. The van der Waals surface area contributed by atoms with E-state index in [0.717, 1.165) is 150 Å². The molecule has 0 unspecified atom stereocenters. The van der Waals surface area contributed by atoms with Crippen LogP contribution in [-0.2, 0) is 86.6 Å². The van der Waals surface area contributed by atoms with Crippen molar-refractivity contribution >= 4 is 24.4 Å². The van der Waals surface area contributed by atoms with Gasteiger partial charge < -0.3 is 50.7 Å². The molecule has 0 aromatic heterocycles. The van der Waals surface area contributed by atoms with E-state index in [9.17, 15) is 34.8 Å². The average molecular weight is 1040 g/mol. The van der Waals surface area contributed by atoms with E-state index in [1.54, 1.807) is 0 Å². The summed E-state index contributed by atoms with van der Waals surface area (Å²) in [7, 11) is 1.38. The molecule has 5 N–H and O–H groups in total. The Bertz CT molecular complexity index is 1790. The van der Waals surface area contributed by atoms with Crippen molar-refractivity contribution in [3.63, 3.8) is 0 Å². The Morgan fingerprint density at radius 1 is 0.493 bits per heavy atom. The van der Waals surface area contributed by atoms with Crippen LogP contribution in [0, 0.1) is 0 Å². The summed E-state index contributed by atoms with van der Waals surface area (Å²) >= 11 is 0.